The molecule has 0 aliphatic rings. The highest BCUT2D eigenvalue weighted by Gasteiger charge is 2.11. The van der Waals surface area contributed by atoms with E-state index in [1.165, 1.54) is 6.26 Å². The van der Waals surface area contributed by atoms with Crippen molar-refractivity contribution in [3.05, 3.63) is 35.2 Å². The van der Waals surface area contributed by atoms with Crippen LogP contribution in [0.25, 0.3) is 0 Å². The molecule has 0 saturated heterocycles. The summed E-state index contributed by atoms with van der Waals surface area (Å²) in [7, 11) is -3.11. The van der Waals surface area contributed by atoms with Gasteiger partial charge in [-0.05, 0) is 42.7 Å². The Morgan fingerprint density at radius 1 is 1.27 bits per heavy atom. The third-order valence-electron chi connectivity index (χ3n) is 2.28. The standard InChI is InChI=1S/C11H14BrO2S/c1-8-6-10(15(3,13)14)7-9(2)11(8)4-5-12/h4,6-7H,5H2,1-3H3. The number of alkyl halides is 1. The maximum atomic E-state index is 11.4. The van der Waals surface area contributed by atoms with Crippen LogP contribution < -0.4 is 0 Å². The molecular weight excluding hydrogens is 276 g/mol. The molecule has 1 aromatic rings. The molecule has 0 spiro atoms. The summed E-state index contributed by atoms with van der Waals surface area (Å²) in [5.41, 5.74) is 3.10. The first-order valence-electron chi connectivity index (χ1n) is 4.56. The maximum absolute atomic E-state index is 11.4. The third-order valence-corrected chi connectivity index (χ3v) is 3.69. The number of aryl methyl sites for hydroxylation is 2. The number of halogens is 1. The van der Waals surface area contributed by atoms with Crippen molar-refractivity contribution >= 4 is 25.8 Å². The van der Waals surface area contributed by atoms with Gasteiger partial charge in [0.05, 0.1) is 4.90 Å². The van der Waals surface area contributed by atoms with Gasteiger partial charge in [-0.2, -0.15) is 0 Å². The van der Waals surface area contributed by atoms with Crippen molar-refractivity contribution in [2.45, 2.75) is 18.7 Å². The molecule has 0 atom stereocenters. The van der Waals surface area contributed by atoms with Crippen molar-refractivity contribution in [2.75, 3.05) is 11.6 Å². The van der Waals surface area contributed by atoms with Crippen LogP contribution in [0.5, 0.6) is 0 Å². The number of sulfone groups is 1. The van der Waals surface area contributed by atoms with E-state index in [0.717, 1.165) is 22.0 Å². The number of rotatable bonds is 3. The Morgan fingerprint density at radius 3 is 2.07 bits per heavy atom. The molecule has 1 rings (SSSR count). The van der Waals surface area contributed by atoms with Crippen LogP contribution in [0.3, 0.4) is 0 Å². The summed E-state index contributed by atoms with van der Waals surface area (Å²) in [6.45, 7) is 3.85. The van der Waals surface area contributed by atoms with Gasteiger partial charge in [0.1, 0.15) is 0 Å². The SMILES string of the molecule is Cc1cc(S(C)(=O)=O)cc(C)c1[CH]CBr. The van der Waals surface area contributed by atoms with Gasteiger partial charge in [0.2, 0.25) is 0 Å². The van der Waals surface area contributed by atoms with Crippen molar-refractivity contribution in [3.8, 4) is 0 Å². The van der Waals surface area contributed by atoms with E-state index < -0.39 is 9.84 Å². The average Bonchev–Trinajstić information content (AvgIpc) is 2.09. The Balaban J connectivity index is 3.32. The fourth-order valence-electron chi connectivity index (χ4n) is 1.55. The van der Waals surface area contributed by atoms with E-state index in [-0.39, 0.29) is 0 Å². The minimum absolute atomic E-state index is 0.393. The van der Waals surface area contributed by atoms with Gasteiger partial charge in [0, 0.05) is 18.0 Å². The Kier molecular flexibility index (Phi) is 3.95. The smallest absolute Gasteiger partial charge is 0.175 e. The molecule has 2 nitrogen and oxygen atoms in total. The highest BCUT2D eigenvalue weighted by molar-refractivity contribution is 9.09. The van der Waals surface area contributed by atoms with Crippen LogP contribution in [0.1, 0.15) is 16.7 Å². The summed E-state index contributed by atoms with van der Waals surface area (Å²) in [4.78, 5) is 0.393. The van der Waals surface area contributed by atoms with E-state index in [1.807, 2.05) is 20.3 Å². The van der Waals surface area contributed by atoms with Gasteiger partial charge >= 0.3 is 0 Å². The van der Waals surface area contributed by atoms with Gasteiger partial charge in [0.25, 0.3) is 0 Å². The first kappa shape index (κ1) is 12.7. The second kappa shape index (κ2) is 4.66. The second-order valence-corrected chi connectivity index (χ2v) is 6.26. The molecule has 83 valence electrons. The van der Waals surface area contributed by atoms with Crippen LogP contribution in [-0.2, 0) is 9.84 Å². The van der Waals surface area contributed by atoms with Gasteiger partial charge in [-0.1, -0.05) is 15.9 Å². The summed E-state index contributed by atoms with van der Waals surface area (Å²) in [6.07, 6.45) is 3.27. The molecule has 1 aromatic carbocycles. The van der Waals surface area contributed by atoms with Gasteiger partial charge in [-0.25, -0.2) is 8.42 Å². The lowest BCUT2D eigenvalue weighted by atomic mass is 10.0. The monoisotopic (exact) mass is 289 g/mol. The molecule has 0 amide bonds. The van der Waals surface area contributed by atoms with Gasteiger partial charge < -0.3 is 0 Å². The molecule has 0 heterocycles. The zero-order chi connectivity index (χ0) is 11.6. The van der Waals surface area contributed by atoms with Crippen LogP contribution in [0.4, 0.5) is 0 Å². The molecule has 0 unspecified atom stereocenters. The fourth-order valence-corrected chi connectivity index (χ4v) is 2.65. The molecule has 4 heteroatoms. The predicted molar refractivity (Wildman–Crippen MR) is 66.2 cm³/mol. The molecule has 0 fully saturated rings. The van der Waals surface area contributed by atoms with Crippen LogP contribution in [-0.4, -0.2) is 20.0 Å². The highest BCUT2D eigenvalue weighted by atomic mass is 79.9. The topological polar surface area (TPSA) is 34.1 Å². The highest BCUT2D eigenvalue weighted by Crippen LogP contribution is 2.21. The Bertz CT molecular complexity index is 440. The average molecular weight is 290 g/mol. The van der Waals surface area contributed by atoms with Crippen molar-refractivity contribution in [3.63, 3.8) is 0 Å². The lowest BCUT2D eigenvalue weighted by Crippen LogP contribution is -2.01. The Morgan fingerprint density at radius 2 is 1.73 bits per heavy atom. The van der Waals surface area contributed by atoms with Crippen molar-refractivity contribution in [1.29, 1.82) is 0 Å². The molecular formula is C11H14BrO2S. The van der Waals surface area contributed by atoms with Gasteiger partial charge in [0.15, 0.2) is 9.84 Å². The van der Waals surface area contributed by atoms with E-state index in [1.54, 1.807) is 12.1 Å². The summed E-state index contributed by atoms with van der Waals surface area (Å²) in [5.74, 6) is 0. The first-order valence-corrected chi connectivity index (χ1v) is 7.58. The molecule has 1 radical (unpaired) electrons. The predicted octanol–water partition coefficient (Wildman–Crippen LogP) is 2.65. The van der Waals surface area contributed by atoms with Crippen LogP contribution in [0, 0.1) is 20.3 Å². The third kappa shape index (κ3) is 3.05. The number of hydrogen-bond donors (Lipinski definition) is 0. The molecule has 0 N–H and O–H groups in total. The second-order valence-electron chi connectivity index (χ2n) is 3.60. The Labute approximate surface area is 99.7 Å². The Hall–Kier alpha value is -0.350. The van der Waals surface area contributed by atoms with E-state index in [0.29, 0.717) is 4.90 Å². The van der Waals surface area contributed by atoms with E-state index in [2.05, 4.69) is 15.9 Å². The van der Waals surface area contributed by atoms with E-state index >= 15 is 0 Å². The molecule has 0 aliphatic heterocycles. The minimum Gasteiger partial charge on any atom is -0.224 e. The molecule has 15 heavy (non-hydrogen) atoms. The van der Waals surface area contributed by atoms with Crippen molar-refractivity contribution < 1.29 is 8.42 Å². The van der Waals surface area contributed by atoms with Gasteiger partial charge in [-0.15, -0.1) is 0 Å². The fraction of sp³-hybridized carbons (Fsp3) is 0.364. The van der Waals surface area contributed by atoms with E-state index in [4.69, 9.17) is 0 Å². The summed E-state index contributed by atoms with van der Waals surface area (Å²) >= 11 is 3.34. The zero-order valence-electron chi connectivity index (χ0n) is 9.04. The summed E-state index contributed by atoms with van der Waals surface area (Å²) < 4.78 is 22.8. The lowest BCUT2D eigenvalue weighted by Gasteiger charge is -2.10. The largest absolute Gasteiger partial charge is 0.224 e. The molecule has 0 bridgehead atoms. The van der Waals surface area contributed by atoms with Crippen molar-refractivity contribution in [1.82, 2.24) is 0 Å². The lowest BCUT2D eigenvalue weighted by molar-refractivity contribution is 0.601. The summed E-state index contributed by atoms with van der Waals surface area (Å²) in [5, 5.41) is 0.771. The molecule has 0 aliphatic carbocycles. The van der Waals surface area contributed by atoms with E-state index in [9.17, 15) is 8.42 Å². The van der Waals surface area contributed by atoms with Gasteiger partial charge in [-0.3, -0.25) is 0 Å². The van der Waals surface area contributed by atoms with Crippen LogP contribution >= 0.6 is 15.9 Å². The molecule has 0 aromatic heterocycles. The number of hydrogen-bond acceptors (Lipinski definition) is 2. The first-order chi connectivity index (χ1) is 6.86. The maximum Gasteiger partial charge on any atom is 0.175 e. The normalized spacial score (nSPS) is 11.7. The van der Waals surface area contributed by atoms with Crippen LogP contribution in [0.2, 0.25) is 0 Å². The molecule has 0 saturated carbocycles. The summed E-state index contributed by atoms with van der Waals surface area (Å²) in [6, 6.07) is 3.44. The minimum atomic E-state index is -3.11. The quantitative estimate of drug-likeness (QED) is 0.802. The zero-order valence-corrected chi connectivity index (χ0v) is 11.4. The van der Waals surface area contributed by atoms with Crippen LogP contribution in [0.15, 0.2) is 17.0 Å². The van der Waals surface area contributed by atoms with Crippen molar-refractivity contribution in [2.24, 2.45) is 0 Å². The number of benzene rings is 1.